The largest absolute Gasteiger partial charge is 0.489 e. The van der Waals surface area contributed by atoms with Crippen LogP contribution in [0.2, 0.25) is 18.1 Å². The predicted molar refractivity (Wildman–Crippen MR) is 115 cm³/mol. The molecule has 0 bridgehead atoms. The van der Waals surface area contributed by atoms with Crippen LogP contribution in [0, 0.1) is 11.3 Å². The summed E-state index contributed by atoms with van der Waals surface area (Å²) in [4.78, 5) is 12.0. The van der Waals surface area contributed by atoms with E-state index in [2.05, 4.69) is 5.32 Å². The fourth-order valence-electron chi connectivity index (χ4n) is 2.24. The lowest BCUT2D eigenvalue weighted by Gasteiger charge is -2.36. The van der Waals surface area contributed by atoms with Gasteiger partial charge in [0.15, 0.2) is 14.1 Å². The molecule has 1 aromatic rings. The SMILES string of the molecule is CC(C)(C)OC(=O)Nc1ccc(C(F)(F)F)c(OCCO[Si](C)(C)C(C)(C)C)c1C#N. The van der Waals surface area contributed by atoms with E-state index in [1.165, 1.54) is 0 Å². The first kappa shape index (κ1) is 26.8. The van der Waals surface area contributed by atoms with E-state index in [-0.39, 0.29) is 23.9 Å². The van der Waals surface area contributed by atoms with Gasteiger partial charge in [-0.1, -0.05) is 20.8 Å². The third kappa shape index (κ3) is 7.74. The van der Waals surface area contributed by atoms with Gasteiger partial charge < -0.3 is 13.9 Å². The highest BCUT2D eigenvalue weighted by Crippen LogP contribution is 2.41. The van der Waals surface area contributed by atoms with Gasteiger partial charge in [-0.05, 0) is 51.0 Å². The van der Waals surface area contributed by atoms with E-state index in [0.717, 1.165) is 12.1 Å². The van der Waals surface area contributed by atoms with E-state index >= 15 is 0 Å². The highest BCUT2D eigenvalue weighted by molar-refractivity contribution is 6.74. The van der Waals surface area contributed by atoms with Crippen LogP contribution in [0.25, 0.3) is 0 Å². The number of rotatable bonds is 6. The molecule has 0 saturated heterocycles. The number of nitriles is 1. The van der Waals surface area contributed by atoms with Gasteiger partial charge in [0, 0.05) is 0 Å². The summed E-state index contributed by atoms with van der Waals surface area (Å²) < 4.78 is 56.9. The van der Waals surface area contributed by atoms with Crippen molar-refractivity contribution >= 4 is 20.1 Å². The monoisotopic (exact) mass is 460 g/mol. The normalized spacial score (nSPS) is 12.8. The van der Waals surface area contributed by atoms with Crippen LogP contribution in [0.3, 0.4) is 0 Å². The van der Waals surface area contributed by atoms with Crippen molar-refractivity contribution in [3.8, 4) is 11.8 Å². The number of nitrogens with zero attached hydrogens (tertiary/aromatic N) is 1. The smallest absolute Gasteiger partial charge is 0.420 e. The first-order valence-electron chi connectivity index (χ1n) is 9.80. The summed E-state index contributed by atoms with van der Waals surface area (Å²) in [6.45, 7) is 15.0. The van der Waals surface area contributed by atoms with E-state index in [1.807, 2.05) is 33.9 Å². The number of alkyl halides is 3. The van der Waals surface area contributed by atoms with Gasteiger partial charge in [-0.15, -0.1) is 0 Å². The quantitative estimate of drug-likeness (QED) is 0.397. The molecule has 0 heterocycles. The van der Waals surface area contributed by atoms with Crippen molar-refractivity contribution in [1.29, 1.82) is 5.26 Å². The van der Waals surface area contributed by atoms with Gasteiger partial charge in [-0.2, -0.15) is 18.4 Å². The molecule has 0 aromatic heterocycles. The number of hydrogen-bond donors (Lipinski definition) is 1. The Hall–Kier alpha value is -2.25. The number of halogens is 3. The molecular formula is C21H31F3N2O4Si. The van der Waals surface area contributed by atoms with Crippen molar-refractivity contribution in [2.24, 2.45) is 0 Å². The Morgan fingerprint density at radius 1 is 1.10 bits per heavy atom. The lowest BCUT2D eigenvalue weighted by molar-refractivity contribution is -0.139. The minimum Gasteiger partial charge on any atom is -0.489 e. The van der Waals surface area contributed by atoms with E-state index in [4.69, 9.17) is 13.9 Å². The maximum absolute atomic E-state index is 13.5. The first-order chi connectivity index (χ1) is 13.9. The summed E-state index contributed by atoms with van der Waals surface area (Å²) in [5, 5.41) is 11.8. The van der Waals surface area contributed by atoms with Crippen molar-refractivity contribution in [1.82, 2.24) is 0 Å². The molecule has 1 rings (SSSR count). The third-order valence-corrected chi connectivity index (χ3v) is 9.35. The highest BCUT2D eigenvalue weighted by Gasteiger charge is 2.38. The molecule has 1 N–H and O–H groups in total. The van der Waals surface area contributed by atoms with Crippen LogP contribution in [0.5, 0.6) is 5.75 Å². The maximum Gasteiger partial charge on any atom is 0.420 e. The molecule has 1 aromatic carbocycles. The topological polar surface area (TPSA) is 80.6 Å². The Labute approximate surface area is 182 Å². The third-order valence-electron chi connectivity index (χ3n) is 4.81. The molecule has 0 saturated carbocycles. The molecule has 0 spiro atoms. The average molecular weight is 461 g/mol. The Balaban J connectivity index is 3.15. The second-order valence-electron chi connectivity index (χ2n) is 9.56. The van der Waals surface area contributed by atoms with Gasteiger partial charge in [-0.3, -0.25) is 5.32 Å². The van der Waals surface area contributed by atoms with Crippen molar-refractivity contribution in [2.45, 2.75) is 71.5 Å². The zero-order valence-electron chi connectivity index (χ0n) is 19.3. The Bertz CT molecular complexity index is 835. The maximum atomic E-state index is 13.5. The van der Waals surface area contributed by atoms with Crippen LogP contribution >= 0.6 is 0 Å². The van der Waals surface area contributed by atoms with E-state index in [9.17, 15) is 23.2 Å². The zero-order valence-corrected chi connectivity index (χ0v) is 20.3. The van der Waals surface area contributed by atoms with Gasteiger partial charge in [0.2, 0.25) is 0 Å². The van der Waals surface area contributed by atoms with E-state index in [0.29, 0.717) is 0 Å². The van der Waals surface area contributed by atoms with Crippen molar-refractivity contribution in [3.63, 3.8) is 0 Å². The summed E-state index contributed by atoms with van der Waals surface area (Å²) in [6.07, 6.45) is -5.64. The summed E-state index contributed by atoms with van der Waals surface area (Å²) >= 11 is 0. The van der Waals surface area contributed by atoms with Crippen LogP contribution < -0.4 is 10.1 Å². The fourth-order valence-corrected chi connectivity index (χ4v) is 3.27. The molecule has 10 heteroatoms. The zero-order chi connectivity index (χ0) is 24.3. The molecule has 0 aliphatic rings. The number of anilines is 1. The number of carbonyl (C=O) groups excluding carboxylic acids is 1. The van der Waals surface area contributed by atoms with Crippen LogP contribution in [0.4, 0.5) is 23.7 Å². The van der Waals surface area contributed by atoms with Crippen molar-refractivity contribution in [2.75, 3.05) is 18.5 Å². The number of carbonyl (C=O) groups is 1. The molecule has 0 aliphatic heterocycles. The van der Waals surface area contributed by atoms with Gasteiger partial charge in [0.1, 0.15) is 23.8 Å². The summed E-state index contributed by atoms with van der Waals surface area (Å²) in [6, 6.07) is 3.46. The summed E-state index contributed by atoms with van der Waals surface area (Å²) in [7, 11) is -2.11. The molecule has 31 heavy (non-hydrogen) atoms. The number of ether oxygens (including phenoxy) is 2. The number of amides is 1. The number of hydrogen-bond acceptors (Lipinski definition) is 5. The molecule has 174 valence electrons. The van der Waals surface area contributed by atoms with Gasteiger partial charge in [-0.25, -0.2) is 4.79 Å². The molecule has 0 aliphatic carbocycles. The van der Waals surface area contributed by atoms with Crippen LogP contribution in [0.15, 0.2) is 12.1 Å². The van der Waals surface area contributed by atoms with Gasteiger partial charge >= 0.3 is 12.3 Å². The second-order valence-corrected chi connectivity index (χ2v) is 14.4. The molecule has 0 unspecified atom stereocenters. The van der Waals surface area contributed by atoms with Crippen LogP contribution in [-0.4, -0.2) is 33.2 Å². The standard InChI is InChI=1S/C21H31F3N2O4Si/c1-19(2,3)30-18(27)26-16-10-9-15(21(22,23)24)17(14(16)13-25)28-11-12-29-31(7,8)20(4,5)6/h9-10H,11-12H2,1-8H3,(H,26,27). The minimum absolute atomic E-state index is 0.0702. The van der Waals surface area contributed by atoms with Crippen LogP contribution in [0.1, 0.15) is 52.7 Å². The van der Waals surface area contributed by atoms with Crippen molar-refractivity contribution < 1.29 is 31.9 Å². The highest BCUT2D eigenvalue weighted by atomic mass is 28.4. The molecular weight excluding hydrogens is 429 g/mol. The average Bonchev–Trinajstić information content (AvgIpc) is 2.54. The fraction of sp³-hybridized carbons (Fsp3) is 0.619. The van der Waals surface area contributed by atoms with Crippen molar-refractivity contribution in [3.05, 3.63) is 23.3 Å². The predicted octanol–water partition coefficient (Wildman–Crippen LogP) is 6.32. The number of benzene rings is 1. The van der Waals surface area contributed by atoms with Gasteiger partial charge in [0.05, 0.1) is 17.9 Å². The summed E-state index contributed by atoms with van der Waals surface area (Å²) in [5.74, 6) is -0.651. The Kier molecular flexibility index (Phi) is 8.19. The molecule has 0 atom stereocenters. The Morgan fingerprint density at radius 3 is 2.13 bits per heavy atom. The second kappa shape index (κ2) is 9.49. The van der Waals surface area contributed by atoms with E-state index < -0.39 is 43.1 Å². The minimum atomic E-state index is -4.74. The molecule has 6 nitrogen and oxygen atoms in total. The van der Waals surface area contributed by atoms with Crippen LogP contribution in [-0.2, 0) is 15.3 Å². The lowest BCUT2D eigenvalue weighted by Crippen LogP contribution is -2.41. The number of nitrogens with one attached hydrogen (secondary N) is 1. The molecule has 0 radical (unpaired) electrons. The first-order valence-corrected chi connectivity index (χ1v) is 12.7. The lowest BCUT2D eigenvalue weighted by atomic mass is 10.1. The molecule has 0 fully saturated rings. The van der Waals surface area contributed by atoms with E-state index in [1.54, 1.807) is 26.8 Å². The Morgan fingerprint density at radius 2 is 1.68 bits per heavy atom. The molecule has 1 amide bonds. The van der Waals surface area contributed by atoms with Gasteiger partial charge in [0.25, 0.3) is 0 Å². The summed E-state index contributed by atoms with van der Waals surface area (Å²) in [5.41, 5.74) is -2.49.